The van der Waals surface area contributed by atoms with Crippen LogP contribution in [0.15, 0.2) is 0 Å². The van der Waals surface area contributed by atoms with E-state index in [1.54, 1.807) is 0 Å². The van der Waals surface area contributed by atoms with E-state index in [-0.39, 0.29) is 6.10 Å². The number of carbonyl (C=O) groups is 1. The Morgan fingerprint density at radius 2 is 2.33 bits per heavy atom. The minimum absolute atomic E-state index is 0.0674. The number of hydrogen-bond acceptors (Lipinski definition) is 5. The van der Waals surface area contributed by atoms with Crippen molar-refractivity contribution >= 4 is 15.7 Å². The number of amides is 1. The van der Waals surface area contributed by atoms with E-state index in [1.165, 1.54) is 0 Å². The maximum Gasteiger partial charge on any atom is 0.235 e. The standard InChI is InChI=1S/C8H16N2O4S/c1-15(12,13)6-8(11)10-5-7-4-9-2-3-14-7/h7,9H,2-6H2,1H3,(H,10,11). The van der Waals surface area contributed by atoms with E-state index in [9.17, 15) is 13.2 Å². The van der Waals surface area contributed by atoms with Crippen LogP contribution in [-0.2, 0) is 19.4 Å². The molecule has 1 heterocycles. The summed E-state index contributed by atoms with van der Waals surface area (Å²) < 4.78 is 26.9. The third kappa shape index (κ3) is 5.71. The van der Waals surface area contributed by atoms with Crippen LogP contribution >= 0.6 is 0 Å². The lowest BCUT2D eigenvalue weighted by atomic mass is 10.3. The molecule has 0 aromatic carbocycles. The second kappa shape index (κ2) is 5.43. The van der Waals surface area contributed by atoms with Gasteiger partial charge in [0.1, 0.15) is 5.75 Å². The van der Waals surface area contributed by atoms with E-state index in [4.69, 9.17) is 4.74 Å². The molecule has 15 heavy (non-hydrogen) atoms. The van der Waals surface area contributed by atoms with Crippen molar-refractivity contribution in [3.8, 4) is 0 Å². The van der Waals surface area contributed by atoms with E-state index in [1.807, 2.05) is 0 Å². The molecule has 0 aliphatic carbocycles. The summed E-state index contributed by atoms with van der Waals surface area (Å²) in [4.78, 5) is 11.1. The third-order valence-corrected chi connectivity index (χ3v) is 2.71. The molecule has 88 valence electrons. The first-order valence-electron chi connectivity index (χ1n) is 4.74. The normalized spacial score (nSPS) is 22.3. The zero-order chi connectivity index (χ0) is 11.3. The number of hydrogen-bond donors (Lipinski definition) is 2. The van der Waals surface area contributed by atoms with Crippen LogP contribution < -0.4 is 10.6 Å². The molecule has 1 aliphatic heterocycles. The van der Waals surface area contributed by atoms with Crippen molar-refractivity contribution in [3.63, 3.8) is 0 Å². The van der Waals surface area contributed by atoms with Crippen molar-refractivity contribution in [2.24, 2.45) is 0 Å². The molecular weight excluding hydrogens is 220 g/mol. The molecule has 2 N–H and O–H groups in total. The molecule has 1 atom stereocenters. The maximum absolute atomic E-state index is 11.1. The molecule has 1 amide bonds. The largest absolute Gasteiger partial charge is 0.374 e. The summed E-state index contributed by atoms with van der Waals surface area (Å²) in [6.45, 7) is 2.46. The predicted molar refractivity (Wildman–Crippen MR) is 55.3 cm³/mol. The summed E-state index contributed by atoms with van der Waals surface area (Å²) in [5.41, 5.74) is 0. The average Bonchev–Trinajstić information content (AvgIpc) is 2.14. The lowest BCUT2D eigenvalue weighted by molar-refractivity contribution is -0.119. The molecule has 0 aromatic heterocycles. The van der Waals surface area contributed by atoms with Gasteiger partial charge in [-0.2, -0.15) is 0 Å². The van der Waals surface area contributed by atoms with E-state index in [2.05, 4.69) is 10.6 Å². The van der Waals surface area contributed by atoms with Crippen LogP contribution in [0.1, 0.15) is 0 Å². The van der Waals surface area contributed by atoms with Gasteiger partial charge in [-0.15, -0.1) is 0 Å². The van der Waals surface area contributed by atoms with Gasteiger partial charge in [-0.3, -0.25) is 4.79 Å². The third-order valence-electron chi connectivity index (χ3n) is 1.92. The van der Waals surface area contributed by atoms with Gasteiger partial charge in [0.15, 0.2) is 9.84 Å². The Hall–Kier alpha value is -0.660. The van der Waals surface area contributed by atoms with Gasteiger partial charge in [0.2, 0.25) is 5.91 Å². The highest BCUT2D eigenvalue weighted by Crippen LogP contribution is 1.93. The van der Waals surface area contributed by atoms with Crippen LogP contribution in [0.25, 0.3) is 0 Å². The van der Waals surface area contributed by atoms with Gasteiger partial charge >= 0.3 is 0 Å². The van der Waals surface area contributed by atoms with Gasteiger partial charge in [0.25, 0.3) is 0 Å². The fraction of sp³-hybridized carbons (Fsp3) is 0.875. The van der Waals surface area contributed by atoms with Gasteiger partial charge in [-0.25, -0.2) is 8.42 Å². The summed E-state index contributed by atoms with van der Waals surface area (Å²) in [5, 5.41) is 5.64. The van der Waals surface area contributed by atoms with E-state index < -0.39 is 21.5 Å². The smallest absolute Gasteiger partial charge is 0.235 e. The fourth-order valence-electron chi connectivity index (χ4n) is 1.27. The first kappa shape index (κ1) is 12.4. The van der Waals surface area contributed by atoms with Gasteiger partial charge in [0, 0.05) is 25.9 Å². The predicted octanol–water partition coefficient (Wildman–Crippen LogP) is -1.86. The highest BCUT2D eigenvalue weighted by molar-refractivity contribution is 7.91. The Morgan fingerprint density at radius 3 is 2.87 bits per heavy atom. The number of ether oxygens (including phenoxy) is 1. The number of sulfone groups is 1. The van der Waals surface area contributed by atoms with Crippen LogP contribution in [0.3, 0.4) is 0 Å². The number of rotatable bonds is 4. The van der Waals surface area contributed by atoms with Crippen LogP contribution in [0.2, 0.25) is 0 Å². The molecule has 1 aliphatic rings. The minimum atomic E-state index is -3.24. The number of nitrogens with one attached hydrogen (secondary N) is 2. The molecule has 0 aromatic rings. The highest BCUT2D eigenvalue weighted by atomic mass is 32.2. The molecule has 1 unspecified atom stereocenters. The van der Waals surface area contributed by atoms with Crippen molar-refractivity contribution < 1.29 is 17.9 Å². The SMILES string of the molecule is CS(=O)(=O)CC(=O)NCC1CNCCO1. The summed E-state index contributed by atoms with van der Waals surface area (Å²) in [7, 11) is -3.24. The van der Waals surface area contributed by atoms with Crippen molar-refractivity contribution in [1.82, 2.24) is 10.6 Å². The first-order valence-corrected chi connectivity index (χ1v) is 6.80. The summed E-state index contributed by atoms with van der Waals surface area (Å²) in [6, 6.07) is 0. The molecule has 0 bridgehead atoms. The van der Waals surface area contributed by atoms with Crippen LogP contribution in [0, 0.1) is 0 Å². The Morgan fingerprint density at radius 1 is 1.60 bits per heavy atom. The Balaban J connectivity index is 2.21. The maximum atomic E-state index is 11.1. The van der Waals surface area contributed by atoms with E-state index in [0.29, 0.717) is 19.7 Å². The fourth-order valence-corrected chi connectivity index (χ4v) is 1.85. The number of morpholine rings is 1. The Labute approximate surface area is 89.3 Å². The molecule has 0 saturated carbocycles. The van der Waals surface area contributed by atoms with Gasteiger partial charge in [0.05, 0.1) is 12.7 Å². The van der Waals surface area contributed by atoms with Crippen molar-refractivity contribution in [3.05, 3.63) is 0 Å². The van der Waals surface area contributed by atoms with Gasteiger partial charge in [-0.1, -0.05) is 0 Å². The summed E-state index contributed by atoms with van der Waals surface area (Å²) >= 11 is 0. The second-order valence-corrected chi connectivity index (χ2v) is 5.71. The monoisotopic (exact) mass is 236 g/mol. The molecular formula is C8H16N2O4S. The average molecular weight is 236 g/mol. The molecule has 1 fully saturated rings. The van der Waals surface area contributed by atoms with Gasteiger partial charge in [-0.05, 0) is 0 Å². The lowest BCUT2D eigenvalue weighted by Gasteiger charge is -2.23. The van der Waals surface area contributed by atoms with Crippen LogP contribution in [0.4, 0.5) is 0 Å². The molecule has 7 heteroatoms. The Bertz CT molecular complexity index is 309. The van der Waals surface area contributed by atoms with E-state index in [0.717, 1.165) is 12.8 Å². The van der Waals surface area contributed by atoms with Crippen LogP contribution in [0.5, 0.6) is 0 Å². The first-order chi connectivity index (χ1) is 6.97. The zero-order valence-corrected chi connectivity index (χ0v) is 9.47. The van der Waals surface area contributed by atoms with E-state index >= 15 is 0 Å². The van der Waals surface area contributed by atoms with Gasteiger partial charge < -0.3 is 15.4 Å². The summed E-state index contributed by atoms with van der Waals surface area (Å²) in [5.74, 6) is -0.945. The highest BCUT2D eigenvalue weighted by Gasteiger charge is 2.16. The molecule has 0 radical (unpaired) electrons. The number of carbonyl (C=O) groups excluding carboxylic acids is 1. The zero-order valence-electron chi connectivity index (χ0n) is 8.65. The summed E-state index contributed by atoms with van der Waals surface area (Å²) in [6.07, 6.45) is 0.966. The molecule has 1 rings (SSSR count). The van der Waals surface area contributed by atoms with Crippen molar-refractivity contribution in [1.29, 1.82) is 0 Å². The molecule has 0 spiro atoms. The minimum Gasteiger partial charge on any atom is -0.374 e. The molecule has 1 saturated heterocycles. The van der Waals surface area contributed by atoms with Crippen molar-refractivity contribution in [2.45, 2.75) is 6.10 Å². The van der Waals surface area contributed by atoms with Crippen LogP contribution in [-0.4, -0.2) is 58.7 Å². The van der Waals surface area contributed by atoms with Crippen molar-refractivity contribution in [2.75, 3.05) is 38.2 Å². The topological polar surface area (TPSA) is 84.5 Å². The Kier molecular flexibility index (Phi) is 4.49. The second-order valence-electron chi connectivity index (χ2n) is 3.57. The lowest BCUT2D eigenvalue weighted by Crippen LogP contribution is -2.46. The quantitative estimate of drug-likeness (QED) is 0.598. The molecule has 6 nitrogen and oxygen atoms in total.